The van der Waals surface area contributed by atoms with Gasteiger partial charge in [0.1, 0.15) is 12.6 Å². The van der Waals surface area contributed by atoms with Gasteiger partial charge < -0.3 is 10.5 Å². The Bertz CT molecular complexity index is 461. The van der Waals surface area contributed by atoms with Gasteiger partial charge in [-0.2, -0.15) is 0 Å². The van der Waals surface area contributed by atoms with Gasteiger partial charge in [0.2, 0.25) is 0 Å². The van der Waals surface area contributed by atoms with Crippen LogP contribution >= 0.6 is 0 Å². The highest BCUT2D eigenvalue weighted by Crippen LogP contribution is 2.13. The van der Waals surface area contributed by atoms with Gasteiger partial charge in [0.15, 0.2) is 0 Å². The lowest BCUT2D eigenvalue weighted by molar-refractivity contribution is -0.146. The number of carbonyl (C=O) groups is 1. The number of unbranched alkanes of at least 4 members (excludes halogenated alkanes) is 12. The van der Waals surface area contributed by atoms with Crippen LogP contribution in [0.1, 0.15) is 102 Å². The van der Waals surface area contributed by atoms with Crippen LogP contribution in [-0.4, -0.2) is 12.0 Å². The highest BCUT2D eigenvalue weighted by atomic mass is 16.5. The molecule has 3 heteroatoms. The second kappa shape index (κ2) is 16.8. The summed E-state index contributed by atoms with van der Waals surface area (Å²) in [5.41, 5.74) is 6.95. The van der Waals surface area contributed by atoms with Crippen LogP contribution in [0.25, 0.3) is 0 Å². The van der Waals surface area contributed by atoms with Crippen LogP contribution < -0.4 is 5.73 Å². The number of carbonyl (C=O) groups excluding carboxylic acids is 1. The predicted octanol–water partition coefficient (Wildman–Crippen LogP) is 6.54. The molecule has 0 bridgehead atoms. The third-order valence-corrected chi connectivity index (χ3v) is 5.15. The maximum absolute atomic E-state index is 11.9. The van der Waals surface area contributed by atoms with Gasteiger partial charge in [-0.25, -0.2) is 0 Å². The van der Waals surface area contributed by atoms with E-state index >= 15 is 0 Å². The first-order chi connectivity index (χ1) is 13.2. The SMILES string of the molecule is CCCCCCCCCCCCCCCC(N)C(=O)OCc1ccccc1. The average Bonchev–Trinajstić information content (AvgIpc) is 2.70. The van der Waals surface area contributed by atoms with Gasteiger partial charge in [-0.05, 0) is 12.0 Å². The molecule has 0 saturated carbocycles. The molecule has 1 unspecified atom stereocenters. The van der Waals surface area contributed by atoms with Crippen molar-refractivity contribution >= 4 is 5.97 Å². The molecule has 0 aromatic heterocycles. The zero-order valence-electron chi connectivity index (χ0n) is 17.5. The Morgan fingerprint density at radius 1 is 0.815 bits per heavy atom. The Morgan fingerprint density at radius 3 is 1.81 bits per heavy atom. The summed E-state index contributed by atoms with van der Waals surface area (Å²) in [7, 11) is 0. The molecule has 2 N–H and O–H groups in total. The molecule has 0 saturated heterocycles. The molecule has 1 atom stereocenters. The Kier molecular flexibility index (Phi) is 14.7. The fourth-order valence-corrected chi connectivity index (χ4v) is 3.34. The number of benzene rings is 1. The van der Waals surface area contributed by atoms with E-state index in [1.165, 1.54) is 70.6 Å². The number of esters is 1. The van der Waals surface area contributed by atoms with Gasteiger partial charge in [-0.1, -0.05) is 121 Å². The highest BCUT2D eigenvalue weighted by Gasteiger charge is 2.14. The quantitative estimate of drug-likeness (QED) is 0.248. The highest BCUT2D eigenvalue weighted by molar-refractivity contribution is 5.75. The lowest BCUT2D eigenvalue weighted by Gasteiger charge is -2.11. The molecule has 27 heavy (non-hydrogen) atoms. The van der Waals surface area contributed by atoms with E-state index in [1.54, 1.807) is 0 Å². The molecule has 0 aliphatic rings. The molecule has 0 aliphatic heterocycles. The monoisotopic (exact) mass is 375 g/mol. The fourth-order valence-electron chi connectivity index (χ4n) is 3.34. The minimum atomic E-state index is -0.485. The molecular formula is C24H41NO2. The zero-order valence-corrected chi connectivity index (χ0v) is 17.5. The fraction of sp³-hybridized carbons (Fsp3) is 0.708. The zero-order chi connectivity index (χ0) is 19.6. The summed E-state index contributed by atoms with van der Waals surface area (Å²) in [5, 5.41) is 0. The molecule has 0 radical (unpaired) electrons. The van der Waals surface area contributed by atoms with Crippen molar-refractivity contribution in [2.45, 2.75) is 109 Å². The van der Waals surface area contributed by atoms with E-state index in [0.717, 1.165) is 24.8 Å². The minimum Gasteiger partial charge on any atom is -0.460 e. The summed E-state index contributed by atoms with van der Waals surface area (Å²) in [6.45, 7) is 2.58. The second-order valence-corrected chi connectivity index (χ2v) is 7.73. The molecule has 0 fully saturated rings. The first-order valence-corrected chi connectivity index (χ1v) is 11.2. The maximum Gasteiger partial charge on any atom is 0.323 e. The Balaban J connectivity index is 1.87. The van der Waals surface area contributed by atoms with Gasteiger partial charge in [0.25, 0.3) is 0 Å². The van der Waals surface area contributed by atoms with Crippen molar-refractivity contribution in [2.24, 2.45) is 5.73 Å². The number of ether oxygens (including phenoxy) is 1. The molecular weight excluding hydrogens is 334 g/mol. The molecule has 1 aromatic carbocycles. The van der Waals surface area contributed by atoms with Crippen LogP contribution in [-0.2, 0) is 16.1 Å². The number of rotatable bonds is 17. The number of nitrogens with two attached hydrogens (primary N) is 1. The Hall–Kier alpha value is -1.35. The van der Waals surface area contributed by atoms with Crippen LogP contribution in [0.3, 0.4) is 0 Å². The van der Waals surface area contributed by atoms with Crippen molar-refractivity contribution in [3.05, 3.63) is 35.9 Å². The third kappa shape index (κ3) is 13.5. The van der Waals surface area contributed by atoms with E-state index in [-0.39, 0.29) is 5.97 Å². The largest absolute Gasteiger partial charge is 0.460 e. The maximum atomic E-state index is 11.9. The molecule has 0 heterocycles. The van der Waals surface area contributed by atoms with Crippen molar-refractivity contribution in [3.8, 4) is 0 Å². The molecule has 0 aliphatic carbocycles. The van der Waals surface area contributed by atoms with Gasteiger partial charge in [0.05, 0.1) is 0 Å². The molecule has 0 amide bonds. The van der Waals surface area contributed by atoms with Crippen molar-refractivity contribution in [1.82, 2.24) is 0 Å². The van der Waals surface area contributed by atoms with Crippen LogP contribution in [0, 0.1) is 0 Å². The number of hydrogen-bond donors (Lipinski definition) is 1. The van der Waals surface area contributed by atoms with Crippen molar-refractivity contribution in [3.63, 3.8) is 0 Å². The van der Waals surface area contributed by atoms with Crippen molar-refractivity contribution in [2.75, 3.05) is 0 Å². The standard InChI is InChI=1S/C24H41NO2/c1-2-3-4-5-6-7-8-9-10-11-12-13-17-20-23(25)24(26)27-21-22-18-15-14-16-19-22/h14-16,18-19,23H,2-13,17,20-21,25H2,1H3. The average molecular weight is 376 g/mol. The molecule has 3 nitrogen and oxygen atoms in total. The smallest absolute Gasteiger partial charge is 0.323 e. The first kappa shape index (κ1) is 23.7. The Labute approximate surface area is 167 Å². The summed E-state index contributed by atoms with van der Waals surface area (Å²) in [5.74, 6) is -0.280. The predicted molar refractivity (Wildman–Crippen MR) is 115 cm³/mol. The molecule has 154 valence electrons. The van der Waals surface area contributed by atoms with E-state index in [1.807, 2.05) is 30.3 Å². The molecule has 1 rings (SSSR count). The van der Waals surface area contributed by atoms with Crippen molar-refractivity contribution in [1.29, 1.82) is 0 Å². The van der Waals surface area contributed by atoms with Gasteiger partial charge in [-0.3, -0.25) is 4.79 Å². The molecule has 1 aromatic rings. The van der Waals surface area contributed by atoms with Crippen LogP contribution in [0.4, 0.5) is 0 Å². The summed E-state index contributed by atoms with van der Waals surface area (Å²) in [6, 6.07) is 9.25. The summed E-state index contributed by atoms with van der Waals surface area (Å²) in [4.78, 5) is 11.9. The van der Waals surface area contributed by atoms with Gasteiger partial charge >= 0.3 is 5.97 Å². The summed E-state index contributed by atoms with van der Waals surface area (Å²) >= 11 is 0. The molecule has 0 spiro atoms. The van der Waals surface area contributed by atoms with Crippen LogP contribution in [0.2, 0.25) is 0 Å². The normalized spacial score (nSPS) is 12.1. The van der Waals surface area contributed by atoms with Gasteiger partial charge in [-0.15, -0.1) is 0 Å². The Morgan fingerprint density at radius 2 is 1.30 bits per heavy atom. The van der Waals surface area contributed by atoms with Crippen LogP contribution in [0.5, 0.6) is 0 Å². The van der Waals surface area contributed by atoms with Gasteiger partial charge in [0, 0.05) is 0 Å². The van der Waals surface area contributed by atoms with E-state index in [2.05, 4.69) is 6.92 Å². The van der Waals surface area contributed by atoms with E-state index in [9.17, 15) is 4.79 Å². The lowest BCUT2D eigenvalue weighted by Crippen LogP contribution is -2.32. The minimum absolute atomic E-state index is 0.280. The van der Waals surface area contributed by atoms with E-state index < -0.39 is 6.04 Å². The van der Waals surface area contributed by atoms with E-state index in [4.69, 9.17) is 10.5 Å². The topological polar surface area (TPSA) is 52.3 Å². The lowest BCUT2D eigenvalue weighted by atomic mass is 10.0. The van der Waals surface area contributed by atoms with Crippen molar-refractivity contribution < 1.29 is 9.53 Å². The summed E-state index contributed by atoms with van der Waals surface area (Å²) < 4.78 is 5.29. The first-order valence-electron chi connectivity index (χ1n) is 11.2. The van der Waals surface area contributed by atoms with Crippen LogP contribution in [0.15, 0.2) is 30.3 Å². The second-order valence-electron chi connectivity index (χ2n) is 7.73. The summed E-state index contributed by atoms with van der Waals surface area (Å²) in [6.07, 6.45) is 18.0. The van der Waals surface area contributed by atoms with E-state index in [0.29, 0.717) is 6.61 Å². The third-order valence-electron chi connectivity index (χ3n) is 5.15. The number of hydrogen-bond acceptors (Lipinski definition) is 3.